The third-order valence-corrected chi connectivity index (χ3v) is 5.10. The van der Waals surface area contributed by atoms with Gasteiger partial charge in [-0.05, 0) is 47.2 Å². The molecule has 4 rings (SSSR count). The fraction of sp³-hybridized carbons (Fsp3) is 0.292. The molecule has 0 saturated carbocycles. The number of hydrogen-bond acceptors (Lipinski definition) is 4. The molecular formula is C24H25NO4. The largest absolute Gasteiger partial charge is 0.454 e. The Hall–Kier alpha value is -3.21. The minimum absolute atomic E-state index is 0.0983. The quantitative estimate of drug-likeness (QED) is 0.546. The van der Waals surface area contributed by atoms with Crippen molar-refractivity contribution in [2.75, 3.05) is 6.79 Å². The molecule has 1 atom stereocenters. The van der Waals surface area contributed by atoms with Crippen LogP contribution in [0.5, 0.6) is 11.5 Å². The van der Waals surface area contributed by atoms with Gasteiger partial charge in [-0.25, -0.2) is 0 Å². The van der Waals surface area contributed by atoms with E-state index in [-0.39, 0.29) is 31.3 Å². The van der Waals surface area contributed by atoms with E-state index in [2.05, 4.69) is 18.2 Å². The summed E-state index contributed by atoms with van der Waals surface area (Å²) in [6, 6.07) is 18.0. The number of hydrogen-bond donors (Lipinski definition) is 0. The average Bonchev–Trinajstić information content (AvgIpc) is 3.36. The molecule has 2 heterocycles. The zero-order valence-electron chi connectivity index (χ0n) is 16.7. The zero-order chi connectivity index (χ0) is 20.2. The molecule has 3 aromatic rings. The molecule has 2 aromatic carbocycles. The molecule has 0 bridgehead atoms. The van der Waals surface area contributed by atoms with E-state index < -0.39 is 0 Å². The lowest BCUT2D eigenvalue weighted by atomic mass is 9.88. The predicted molar refractivity (Wildman–Crippen MR) is 110 cm³/mol. The Balaban J connectivity index is 1.40. The molecular weight excluding hydrogens is 366 g/mol. The Morgan fingerprint density at radius 1 is 1.03 bits per heavy atom. The van der Waals surface area contributed by atoms with Gasteiger partial charge >= 0.3 is 5.97 Å². The van der Waals surface area contributed by atoms with Crippen LogP contribution in [0.15, 0.2) is 67.0 Å². The molecule has 5 nitrogen and oxygen atoms in total. The van der Waals surface area contributed by atoms with E-state index >= 15 is 0 Å². The summed E-state index contributed by atoms with van der Waals surface area (Å²) in [5.74, 6) is 0.891. The van der Waals surface area contributed by atoms with E-state index in [0.717, 1.165) is 12.0 Å². The number of rotatable bonds is 7. The first kappa shape index (κ1) is 19.1. The monoisotopic (exact) mass is 391 g/mol. The lowest BCUT2D eigenvalue weighted by Crippen LogP contribution is -2.21. The highest BCUT2D eigenvalue weighted by atomic mass is 16.7. The van der Waals surface area contributed by atoms with Crippen LogP contribution < -0.4 is 9.47 Å². The van der Waals surface area contributed by atoms with Crippen molar-refractivity contribution in [3.63, 3.8) is 0 Å². The van der Waals surface area contributed by atoms with Crippen LogP contribution in [-0.4, -0.2) is 17.3 Å². The number of fused-ring (bicyclic) bond motifs is 1. The summed E-state index contributed by atoms with van der Waals surface area (Å²) in [5.41, 5.74) is 3.32. The summed E-state index contributed by atoms with van der Waals surface area (Å²) in [6.45, 7) is 4.45. The maximum absolute atomic E-state index is 12.8. The number of ether oxygens (including phenoxy) is 3. The Kier molecular flexibility index (Phi) is 5.56. The highest BCUT2D eigenvalue weighted by Crippen LogP contribution is 2.36. The lowest BCUT2D eigenvalue weighted by molar-refractivity contribution is -0.150. The van der Waals surface area contributed by atoms with Gasteiger partial charge in [0.25, 0.3) is 0 Å². The number of nitrogens with zero attached hydrogens (tertiary/aromatic N) is 1. The number of aromatic nitrogens is 1. The molecule has 1 aliphatic heterocycles. The summed E-state index contributed by atoms with van der Waals surface area (Å²) in [6.07, 6.45) is 4.81. The predicted octanol–water partition coefficient (Wildman–Crippen LogP) is 4.75. The molecule has 150 valence electrons. The van der Waals surface area contributed by atoms with Crippen LogP contribution in [-0.2, 0) is 22.7 Å². The van der Waals surface area contributed by atoms with Crippen molar-refractivity contribution in [2.45, 2.75) is 32.9 Å². The van der Waals surface area contributed by atoms with Gasteiger partial charge in [0.2, 0.25) is 6.79 Å². The van der Waals surface area contributed by atoms with Gasteiger partial charge < -0.3 is 18.8 Å². The third kappa shape index (κ3) is 4.45. The highest BCUT2D eigenvalue weighted by molar-refractivity contribution is 5.78. The minimum Gasteiger partial charge on any atom is -0.454 e. The first-order chi connectivity index (χ1) is 14.1. The second kappa shape index (κ2) is 8.43. The number of carbonyl (C=O) groups is 1. The Morgan fingerprint density at radius 2 is 1.83 bits per heavy atom. The van der Waals surface area contributed by atoms with Crippen LogP contribution >= 0.6 is 0 Å². The van der Waals surface area contributed by atoms with Crippen molar-refractivity contribution in [1.29, 1.82) is 0 Å². The van der Waals surface area contributed by atoms with Crippen LogP contribution in [0.3, 0.4) is 0 Å². The molecule has 0 radical (unpaired) electrons. The molecule has 0 spiro atoms. The van der Waals surface area contributed by atoms with Gasteiger partial charge in [0.15, 0.2) is 18.2 Å². The van der Waals surface area contributed by atoms with E-state index in [4.69, 9.17) is 14.2 Å². The van der Waals surface area contributed by atoms with Gasteiger partial charge in [-0.1, -0.05) is 50.2 Å². The summed E-state index contributed by atoms with van der Waals surface area (Å²) >= 11 is 0. The minimum atomic E-state index is -0.358. The maximum Gasteiger partial charge on any atom is 0.315 e. The Morgan fingerprint density at radius 3 is 2.62 bits per heavy atom. The molecule has 1 aromatic heterocycles. The fourth-order valence-corrected chi connectivity index (χ4v) is 3.63. The van der Waals surface area contributed by atoms with Crippen LogP contribution in [0.4, 0.5) is 0 Å². The second-order valence-electron chi connectivity index (χ2n) is 7.62. The van der Waals surface area contributed by atoms with Gasteiger partial charge in [0.1, 0.15) is 0 Å². The maximum atomic E-state index is 12.8. The Bertz CT molecular complexity index is 978. The number of esters is 1. The first-order valence-corrected chi connectivity index (χ1v) is 9.85. The van der Waals surface area contributed by atoms with Gasteiger partial charge in [-0.15, -0.1) is 0 Å². The molecule has 1 aliphatic rings. The summed E-state index contributed by atoms with van der Waals surface area (Å²) in [5, 5.41) is 0. The second-order valence-corrected chi connectivity index (χ2v) is 7.62. The van der Waals surface area contributed by atoms with Crippen molar-refractivity contribution in [3.8, 4) is 11.5 Å². The fourth-order valence-electron chi connectivity index (χ4n) is 3.63. The van der Waals surface area contributed by atoms with E-state index in [1.165, 1.54) is 11.1 Å². The summed E-state index contributed by atoms with van der Waals surface area (Å²) < 4.78 is 18.4. The molecule has 0 fully saturated rings. The van der Waals surface area contributed by atoms with Crippen molar-refractivity contribution < 1.29 is 19.0 Å². The molecule has 0 aliphatic carbocycles. The molecule has 0 saturated heterocycles. The first-order valence-electron chi connectivity index (χ1n) is 9.85. The average molecular weight is 391 g/mol. The summed E-state index contributed by atoms with van der Waals surface area (Å²) in [4.78, 5) is 12.8. The topological polar surface area (TPSA) is 49.7 Å². The van der Waals surface area contributed by atoms with Crippen molar-refractivity contribution in [1.82, 2.24) is 4.57 Å². The standard InChI is InChI=1S/C24H25NO4/c1-17(2)23(20-8-9-21-22(13-20)29-16-28-21)24(26)27-15-25-11-10-19(14-25)12-18-6-4-3-5-7-18/h3-11,13-14,17,23H,12,15-16H2,1-2H3. The van der Waals surface area contributed by atoms with E-state index in [1.807, 2.05) is 67.2 Å². The molecule has 29 heavy (non-hydrogen) atoms. The highest BCUT2D eigenvalue weighted by Gasteiger charge is 2.28. The van der Waals surface area contributed by atoms with Crippen LogP contribution in [0.1, 0.15) is 36.5 Å². The SMILES string of the molecule is CC(C)C(C(=O)OCn1ccc(Cc2ccccc2)c1)c1ccc2c(c1)OCO2. The van der Waals surface area contributed by atoms with Crippen molar-refractivity contribution in [2.24, 2.45) is 5.92 Å². The normalized spacial score (nSPS) is 13.5. The van der Waals surface area contributed by atoms with Gasteiger partial charge in [-0.2, -0.15) is 0 Å². The number of carbonyl (C=O) groups excluding carboxylic acids is 1. The molecule has 5 heteroatoms. The molecule has 0 N–H and O–H groups in total. The van der Waals surface area contributed by atoms with E-state index in [9.17, 15) is 4.79 Å². The molecule has 1 unspecified atom stereocenters. The molecule has 0 amide bonds. The Labute approximate surface area is 170 Å². The van der Waals surface area contributed by atoms with Crippen molar-refractivity contribution >= 4 is 5.97 Å². The van der Waals surface area contributed by atoms with Crippen molar-refractivity contribution in [3.05, 3.63) is 83.7 Å². The van der Waals surface area contributed by atoms with Gasteiger partial charge in [0, 0.05) is 12.4 Å². The summed E-state index contributed by atoms with van der Waals surface area (Å²) in [7, 11) is 0. The van der Waals surface area contributed by atoms with Crippen LogP contribution in [0, 0.1) is 5.92 Å². The van der Waals surface area contributed by atoms with Crippen LogP contribution in [0.25, 0.3) is 0 Å². The number of benzene rings is 2. The zero-order valence-corrected chi connectivity index (χ0v) is 16.7. The van der Waals surface area contributed by atoms with E-state index in [0.29, 0.717) is 11.5 Å². The lowest BCUT2D eigenvalue weighted by Gasteiger charge is -2.20. The van der Waals surface area contributed by atoms with Gasteiger partial charge in [0.05, 0.1) is 5.92 Å². The third-order valence-electron chi connectivity index (χ3n) is 5.10. The van der Waals surface area contributed by atoms with Crippen LogP contribution in [0.2, 0.25) is 0 Å². The smallest absolute Gasteiger partial charge is 0.315 e. The van der Waals surface area contributed by atoms with E-state index in [1.54, 1.807) is 0 Å². The van der Waals surface area contributed by atoms with Gasteiger partial charge in [-0.3, -0.25) is 4.79 Å².